The van der Waals surface area contributed by atoms with Gasteiger partial charge in [0.15, 0.2) is 0 Å². The molecule has 1 amide bonds. The topological polar surface area (TPSA) is 46.3 Å². The molecule has 2 N–H and O–H groups in total. The van der Waals surface area contributed by atoms with Crippen LogP contribution in [0.4, 0.5) is 0 Å². The first-order valence-corrected chi connectivity index (χ1v) is 4.93. The van der Waals surface area contributed by atoms with Crippen LogP contribution in [0.3, 0.4) is 0 Å². The lowest BCUT2D eigenvalue weighted by atomic mass is 10.1. The van der Waals surface area contributed by atoms with Crippen LogP contribution in [-0.2, 0) is 4.79 Å². The molecule has 3 nitrogen and oxygen atoms in total. The van der Waals surface area contributed by atoms with Gasteiger partial charge >= 0.3 is 0 Å². The molecule has 13 heavy (non-hydrogen) atoms. The van der Waals surface area contributed by atoms with Gasteiger partial charge in [-0.05, 0) is 19.3 Å². The Morgan fingerprint density at radius 3 is 2.31 bits per heavy atom. The first kappa shape index (κ1) is 12.4. The summed E-state index contributed by atoms with van der Waals surface area (Å²) in [5, 5.41) is 0. The van der Waals surface area contributed by atoms with E-state index in [9.17, 15) is 4.79 Å². The molecule has 0 aliphatic heterocycles. The smallest absolute Gasteiger partial charge is 0.223 e. The molecule has 0 heterocycles. The molecule has 0 rings (SSSR count). The molecule has 0 radical (unpaired) electrons. The van der Waals surface area contributed by atoms with Crippen LogP contribution in [0.1, 0.15) is 33.6 Å². The van der Waals surface area contributed by atoms with Crippen molar-refractivity contribution in [2.75, 3.05) is 13.6 Å². The zero-order valence-electron chi connectivity index (χ0n) is 9.21. The standard InChI is InChI=1S/C10H22N2O/c1-8(2)5-6-12(4)10(13)7-9(3)11/h8-9H,5-7,11H2,1-4H3. The van der Waals surface area contributed by atoms with Crippen molar-refractivity contribution in [2.45, 2.75) is 39.7 Å². The Morgan fingerprint density at radius 1 is 1.38 bits per heavy atom. The summed E-state index contributed by atoms with van der Waals surface area (Å²) in [6.07, 6.45) is 1.51. The number of hydrogen-bond donors (Lipinski definition) is 1. The first-order valence-electron chi connectivity index (χ1n) is 4.93. The van der Waals surface area contributed by atoms with Gasteiger partial charge in [-0.3, -0.25) is 4.79 Å². The van der Waals surface area contributed by atoms with E-state index in [2.05, 4.69) is 13.8 Å². The molecule has 0 spiro atoms. The highest BCUT2D eigenvalue weighted by molar-refractivity contribution is 5.76. The van der Waals surface area contributed by atoms with Crippen molar-refractivity contribution < 1.29 is 4.79 Å². The van der Waals surface area contributed by atoms with Crippen molar-refractivity contribution in [1.82, 2.24) is 4.90 Å². The fraction of sp³-hybridized carbons (Fsp3) is 0.900. The van der Waals surface area contributed by atoms with Gasteiger partial charge in [0.1, 0.15) is 0 Å². The number of carbonyl (C=O) groups is 1. The lowest BCUT2D eigenvalue weighted by molar-refractivity contribution is -0.130. The van der Waals surface area contributed by atoms with Crippen molar-refractivity contribution in [2.24, 2.45) is 11.7 Å². The van der Waals surface area contributed by atoms with Crippen LogP contribution in [-0.4, -0.2) is 30.4 Å². The number of nitrogens with two attached hydrogens (primary N) is 1. The SMILES string of the molecule is CC(C)CCN(C)C(=O)CC(C)N. The Bertz CT molecular complexity index is 155. The third-order valence-corrected chi connectivity index (χ3v) is 1.96. The summed E-state index contributed by atoms with van der Waals surface area (Å²) in [6, 6.07) is -0.0333. The molecular weight excluding hydrogens is 164 g/mol. The molecule has 78 valence electrons. The van der Waals surface area contributed by atoms with Crippen molar-refractivity contribution in [1.29, 1.82) is 0 Å². The predicted molar refractivity (Wildman–Crippen MR) is 55.4 cm³/mol. The van der Waals surface area contributed by atoms with E-state index < -0.39 is 0 Å². The normalized spacial score (nSPS) is 13.1. The summed E-state index contributed by atoms with van der Waals surface area (Å²) in [6.45, 7) is 7.01. The summed E-state index contributed by atoms with van der Waals surface area (Å²) < 4.78 is 0. The van der Waals surface area contributed by atoms with Crippen LogP contribution < -0.4 is 5.73 Å². The Balaban J connectivity index is 3.69. The van der Waals surface area contributed by atoms with Gasteiger partial charge in [-0.15, -0.1) is 0 Å². The van der Waals surface area contributed by atoms with E-state index in [1.807, 2.05) is 14.0 Å². The monoisotopic (exact) mass is 186 g/mol. The van der Waals surface area contributed by atoms with E-state index in [1.165, 1.54) is 0 Å². The third kappa shape index (κ3) is 6.58. The van der Waals surface area contributed by atoms with Crippen LogP contribution in [0.15, 0.2) is 0 Å². The maximum absolute atomic E-state index is 11.4. The lowest BCUT2D eigenvalue weighted by Crippen LogP contribution is -2.32. The molecule has 0 aliphatic carbocycles. The van der Waals surface area contributed by atoms with Gasteiger partial charge in [-0.2, -0.15) is 0 Å². The highest BCUT2D eigenvalue weighted by Gasteiger charge is 2.10. The lowest BCUT2D eigenvalue weighted by Gasteiger charge is -2.19. The minimum Gasteiger partial charge on any atom is -0.346 e. The highest BCUT2D eigenvalue weighted by atomic mass is 16.2. The van der Waals surface area contributed by atoms with Crippen molar-refractivity contribution >= 4 is 5.91 Å². The number of nitrogens with zero attached hydrogens (tertiary/aromatic N) is 1. The quantitative estimate of drug-likeness (QED) is 0.702. The van der Waals surface area contributed by atoms with E-state index in [-0.39, 0.29) is 11.9 Å². The third-order valence-electron chi connectivity index (χ3n) is 1.96. The number of carbonyl (C=O) groups excluding carboxylic acids is 1. The van der Waals surface area contributed by atoms with E-state index in [0.29, 0.717) is 12.3 Å². The minimum absolute atomic E-state index is 0.0333. The Morgan fingerprint density at radius 2 is 1.92 bits per heavy atom. The number of hydrogen-bond acceptors (Lipinski definition) is 2. The van der Waals surface area contributed by atoms with Crippen molar-refractivity contribution in [3.63, 3.8) is 0 Å². The Kier molecular flexibility index (Phi) is 5.71. The fourth-order valence-corrected chi connectivity index (χ4v) is 1.01. The van der Waals surface area contributed by atoms with E-state index in [4.69, 9.17) is 5.73 Å². The second-order valence-corrected chi connectivity index (χ2v) is 4.18. The average molecular weight is 186 g/mol. The largest absolute Gasteiger partial charge is 0.346 e. The van der Waals surface area contributed by atoms with Gasteiger partial charge in [0, 0.05) is 26.1 Å². The fourth-order valence-electron chi connectivity index (χ4n) is 1.01. The zero-order valence-corrected chi connectivity index (χ0v) is 9.21. The van der Waals surface area contributed by atoms with Crippen LogP contribution in [0, 0.1) is 5.92 Å². The van der Waals surface area contributed by atoms with Gasteiger partial charge in [0.25, 0.3) is 0 Å². The Labute approximate surface area is 81.3 Å². The molecule has 0 aromatic carbocycles. The van der Waals surface area contributed by atoms with Gasteiger partial charge in [-0.1, -0.05) is 13.8 Å². The molecule has 0 aromatic heterocycles. The molecule has 0 aliphatic rings. The molecule has 0 fully saturated rings. The van der Waals surface area contributed by atoms with Crippen molar-refractivity contribution in [3.05, 3.63) is 0 Å². The molecule has 0 saturated carbocycles. The molecular formula is C10H22N2O. The summed E-state index contributed by atoms with van der Waals surface area (Å²) in [7, 11) is 1.84. The summed E-state index contributed by atoms with van der Waals surface area (Å²) >= 11 is 0. The van der Waals surface area contributed by atoms with Crippen LogP contribution in [0.2, 0.25) is 0 Å². The van der Waals surface area contributed by atoms with E-state index in [0.717, 1.165) is 13.0 Å². The first-order chi connectivity index (χ1) is 5.93. The second-order valence-electron chi connectivity index (χ2n) is 4.18. The van der Waals surface area contributed by atoms with Crippen LogP contribution in [0.25, 0.3) is 0 Å². The highest BCUT2D eigenvalue weighted by Crippen LogP contribution is 2.02. The van der Waals surface area contributed by atoms with E-state index in [1.54, 1.807) is 4.90 Å². The zero-order chi connectivity index (χ0) is 10.4. The molecule has 1 atom stereocenters. The summed E-state index contributed by atoms with van der Waals surface area (Å²) in [4.78, 5) is 13.2. The molecule has 0 aromatic rings. The number of rotatable bonds is 5. The minimum atomic E-state index is -0.0333. The maximum atomic E-state index is 11.4. The van der Waals surface area contributed by atoms with Gasteiger partial charge in [0.2, 0.25) is 5.91 Å². The summed E-state index contributed by atoms with van der Waals surface area (Å²) in [5.74, 6) is 0.793. The van der Waals surface area contributed by atoms with E-state index >= 15 is 0 Å². The second kappa shape index (κ2) is 5.97. The van der Waals surface area contributed by atoms with Crippen molar-refractivity contribution in [3.8, 4) is 0 Å². The van der Waals surface area contributed by atoms with Crippen LogP contribution in [0.5, 0.6) is 0 Å². The molecule has 1 unspecified atom stereocenters. The van der Waals surface area contributed by atoms with Gasteiger partial charge in [0.05, 0.1) is 0 Å². The maximum Gasteiger partial charge on any atom is 0.223 e. The van der Waals surface area contributed by atoms with Crippen LogP contribution >= 0.6 is 0 Å². The predicted octanol–water partition coefficient (Wildman–Crippen LogP) is 1.23. The summed E-state index contributed by atoms with van der Waals surface area (Å²) in [5.41, 5.74) is 5.54. The molecule has 0 bridgehead atoms. The van der Waals surface area contributed by atoms with Gasteiger partial charge < -0.3 is 10.6 Å². The molecule has 3 heteroatoms. The Hall–Kier alpha value is -0.570. The number of amides is 1. The van der Waals surface area contributed by atoms with Gasteiger partial charge in [-0.25, -0.2) is 0 Å². The average Bonchev–Trinajstić information content (AvgIpc) is 1.98. The molecule has 0 saturated heterocycles.